The Bertz CT molecular complexity index is 1040. The Morgan fingerprint density at radius 3 is 2.70 bits per heavy atom. The summed E-state index contributed by atoms with van der Waals surface area (Å²) in [6, 6.07) is 6.31. The maximum absolute atomic E-state index is 12.7. The molecule has 1 amide bonds. The van der Waals surface area contributed by atoms with Gasteiger partial charge in [-0.25, -0.2) is 9.97 Å². The highest BCUT2D eigenvalue weighted by atomic mass is 16.2. The number of para-hydroxylation sites is 1. The van der Waals surface area contributed by atoms with E-state index in [0.717, 1.165) is 41.1 Å². The standard InChI is InChI=1S/C22H29N7O/c1-14(2)21(30)29(4)18-12-23-22(27-20(18)28(3)15-8-5-6-9-15)26-17-11-7-10-16-19(17)25-13-24-16/h7,10-15H,5-6,8-9H2,1-4H3,(H,24,25)(H,23,26,27). The van der Waals surface area contributed by atoms with Gasteiger partial charge in [0.15, 0.2) is 5.82 Å². The number of carbonyl (C=O) groups is 1. The van der Waals surface area contributed by atoms with Crippen molar-refractivity contribution in [3.8, 4) is 0 Å². The van der Waals surface area contributed by atoms with Gasteiger partial charge in [0, 0.05) is 26.1 Å². The fraction of sp³-hybridized carbons (Fsp3) is 0.455. The maximum atomic E-state index is 12.7. The molecule has 1 aliphatic carbocycles. The number of hydrogen-bond acceptors (Lipinski definition) is 6. The van der Waals surface area contributed by atoms with Gasteiger partial charge in [0.1, 0.15) is 11.2 Å². The molecule has 8 nitrogen and oxygen atoms in total. The average Bonchev–Trinajstić information content (AvgIpc) is 3.44. The van der Waals surface area contributed by atoms with Gasteiger partial charge < -0.3 is 20.1 Å². The number of benzene rings is 1. The quantitative estimate of drug-likeness (QED) is 0.640. The van der Waals surface area contributed by atoms with Crippen LogP contribution in [0, 0.1) is 5.92 Å². The van der Waals surface area contributed by atoms with Gasteiger partial charge in [0.2, 0.25) is 11.9 Å². The van der Waals surface area contributed by atoms with Crippen LogP contribution in [0.5, 0.6) is 0 Å². The Kier molecular flexibility index (Phi) is 5.57. The second kappa shape index (κ2) is 8.30. The monoisotopic (exact) mass is 407 g/mol. The summed E-state index contributed by atoms with van der Waals surface area (Å²) in [6.07, 6.45) is 8.13. The molecule has 4 rings (SSSR count). The fourth-order valence-electron chi connectivity index (χ4n) is 4.08. The van der Waals surface area contributed by atoms with Crippen LogP contribution < -0.4 is 15.1 Å². The van der Waals surface area contributed by atoms with Crippen molar-refractivity contribution in [3.63, 3.8) is 0 Å². The molecule has 8 heteroatoms. The predicted molar refractivity (Wildman–Crippen MR) is 120 cm³/mol. The lowest BCUT2D eigenvalue weighted by molar-refractivity contribution is -0.121. The number of anilines is 4. The minimum Gasteiger partial charge on any atom is -0.355 e. The molecule has 1 fully saturated rings. The van der Waals surface area contributed by atoms with Crippen molar-refractivity contribution in [1.82, 2.24) is 19.9 Å². The topological polar surface area (TPSA) is 90.0 Å². The summed E-state index contributed by atoms with van der Waals surface area (Å²) in [6.45, 7) is 3.81. The Hall–Kier alpha value is -3.16. The average molecular weight is 408 g/mol. The van der Waals surface area contributed by atoms with Crippen LogP contribution in [-0.2, 0) is 4.79 Å². The number of fused-ring (bicyclic) bond motifs is 1. The van der Waals surface area contributed by atoms with E-state index < -0.39 is 0 Å². The molecule has 3 aromatic rings. The Morgan fingerprint density at radius 2 is 1.97 bits per heavy atom. The largest absolute Gasteiger partial charge is 0.355 e. The number of amides is 1. The molecule has 0 atom stereocenters. The number of aromatic nitrogens is 4. The number of aromatic amines is 1. The van der Waals surface area contributed by atoms with Crippen LogP contribution in [0.25, 0.3) is 11.0 Å². The zero-order valence-corrected chi connectivity index (χ0v) is 18.0. The van der Waals surface area contributed by atoms with Crippen molar-refractivity contribution < 1.29 is 4.79 Å². The first-order chi connectivity index (χ1) is 14.5. The molecular formula is C22H29N7O. The molecule has 1 aliphatic rings. The second-order valence-corrected chi connectivity index (χ2v) is 8.23. The molecule has 0 aliphatic heterocycles. The van der Waals surface area contributed by atoms with Gasteiger partial charge in [-0.3, -0.25) is 4.79 Å². The molecule has 0 spiro atoms. The van der Waals surface area contributed by atoms with Crippen molar-refractivity contribution in [2.75, 3.05) is 29.2 Å². The third kappa shape index (κ3) is 3.81. The lowest BCUT2D eigenvalue weighted by Gasteiger charge is -2.30. The van der Waals surface area contributed by atoms with Crippen LogP contribution in [0.1, 0.15) is 39.5 Å². The first-order valence-electron chi connectivity index (χ1n) is 10.5. The minimum atomic E-state index is -0.102. The van der Waals surface area contributed by atoms with Crippen LogP contribution in [0.15, 0.2) is 30.7 Å². The van der Waals surface area contributed by atoms with Crippen LogP contribution >= 0.6 is 0 Å². The summed E-state index contributed by atoms with van der Waals surface area (Å²) >= 11 is 0. The van der Waals surface area contributed by atoms with Gasteiger partial charge in [-0.2, -0.15) is 4.98 Å². The van der Waals surface area contributed by atoms with Gasteiger partial charge >= 0.3 is 0 Å². The van der Waals surface area contributed by atoms with Crippen molar-refractivity contribution >= 4 is 40.1 Å². The highest BCUT2D eigenvalue weighted by molar-refractivity contribution is 5.97. The van der Waals surface area contributed by atoms with E-state index in [2.05, 4.69) is 32.2 Å². The van der Waals surface area contributed by atoms with E-state index in [1.807, 2.05) is 32.0 Å². The molecule has 30 heavy (non-hydrogen) atoms. The summed E-state index contributed by atoms with van der Waals surface area (Å²) in [5.41, 5.74) is 3.35. The molecule has 2 heterocycles. The van der Waals surface area contributed by atoms with Crippen LogP contribution in [0.4, 0.5) is 23.1 Å². The Balaban J connectivity index is 1.71. The summed E-state index contributed by atoms with van der Waals surface area (Å²) < 4.78 is 0. The van der Waals surface area contributed by atoms with Crippen molar-refractivity contribution in [2.45, 2.75) is 45.6 Å². The summed E-state index contributed by atoms with van der Waals surface area (Å²) in [5.74, 6) is 1.20. The number of rotatable bonds is 6. The molecule has 1 saturated carbocycles. The Morgan fingerprint density at radius 1 is 1.20 bits per heavy atom. The van der Waals surface area contributed by atoms with E-state index in [1.165, 1.54) is 12.8 Å². The van der Waals surface area contributed by atoms with Crippen LogP contribution in [0.2, 0.25) is 0 Å². The van der Waals surface area contributed by atoms with Gasteiger partial charge in [0.05, 0.1) is 23.7 Å². The third-order valence-corrected chi connectivity index (χ3v) is 5.84. The van der Waals surface area contributed by atoms with Gasteiger partial charge in [-0.1, -0.05) is 32.8 Å². The van der Waals surface area contributed by atoms with E-state index in [9.17, 15) is 4.79 Å². The number of carbonyl (C=O) groups excluding carboxylic acids is 1. The van der Waals surface area contributed by atoms with E-state index in [-0.39, 0.29) is 11.8 Å². The minimum absolute atomic E-state index is 0.0432. The number of imidazole rings is 1. The van der Waals surface area contributed by atoms with E-state index in [4.69, 9.17) is 4.98 Å². The summed E-state index contributed by atoms with van der Waals surface area (Å²) in [4.78, 5) is 33.4. The molecule has 2 aromatic heterocycles. The molecule has 1 aromatic carbocycles. The van der Waals surface area contributed by atoms with Gasteiger partial charge in [-0.05, 0) is 25.0 Å². The number of H-pyrrole nitrogens is 1. The first kappa shape index (κ1) is 20.1. The molecule has 2 N–H and O–H groups in total. The number of hydrogen-bond donors (Lipinski definition) is 2. The van der Waals surface area contributed by atoms with Crippen molar-refractivity contribution in [1.29, 1.82) is 0 Å². The second-order valence-electron chi connectivity index (χ2n) is 8.23. The fourth-order valence-corrected chi connectivity index (χ4v) is 4.08. The zero-order chi connectivity index (χ0) is 21.3. The number of nitrogens with one attached hydrogen (secondary N) is 2. The highest BCUT2D eigenvalue weighted by Crippen LogP contribution is 2.33. The lowest BCUT2D eigenvalue weighted by Crippen LogP contribution is -2.35. The van der Waals surface area contributed by atoms with Gasteiger partial charge in [-0.15, -0.1) is 0 Å². The van der Waals surface area contributed by atoms with Crippen molar-refractivity contribution in [2.24, 2.45) is 5.92 Å². The van der Waals surface area contributed by atoms with Gasteiger partial charge in [0.25, 0.3) is 0 Å². The van der Waals surface area contributed by atoms with Crippen LogP contribution in [0.3, 0.4) is 0 Å². The normalized spacial score (nSPS) is 14.4. The molecular weight excluding hydrogens is 378 g/mol. The molecule has 0 unspecified atom stereocenters. The van der Waals surface area contributed by atoms with E-state index >= 15 is 0 Å². The Labute approximate surface area is 176 Å². The first-order valence-corrected chi connectivity index (χ1v) is 10.5. The zero-order valence-electron chi connectivity index (χ0n) is 18.0. The smallest absolute Gasteiger partial charge is 0.229 e. The van der Waals surface area contributed by atoms with Crippen molar-refractivity contribution in [3.05, 3.63) is 30.7 Å². The molecule has 158 valence electrons. The van der Waals surface area contributed by atoms with E-state index in [1.54, 1.807) is 24.5 Å². The highest BCUT2D eigenvalue weighted by Gasteiger charge is 2.26. The summed E-state index contributed by atoms with van der Waals surface area (Å²) in [5, 5.41) is 3.30. The predicted octanol–water partition coefficient (Wildman–Crippen LogP) is 4.09. The lowest BCUT2D eigenvalue weighted by atomic mass is 10.2. The van der Waals surface area contributed by atoms with Crippen LogP contribution in [-0.4, -0.2) is 46.0 Å². The maximum Gasteiger partial charge on any atom is 0.229 e. The molecule has 0 bridgehead atoms. The third-order valence-electron chi connectivity index (χ3n) is 5.84. The SMILES string of the molecule is CC(C)C(=O)N(C)c1cnc(Nc2cccc3[nH]cnc23)nc1N(C)C1CCCC1. The molecule has 0 saturated heterocycles. The number of nitrogens with zero attached hydrogens (tertiary/aromatic N) is 5. The van der Waals surface area contributed by atoms with E-state index in [0.29, 0.717) is 12.0 Å². The molecule has 0 radical (unpaired) electrons. The summed E-state index contributed by atoms with van der Waals surface area (Å²) in [7, 11) is 3.86.